The Kier molecular flexibility index (Phi) is 37.8. The zero-order valence-electron chi connectivity index (χ0n) is 35.5. The summed E-state index contributed by atoms with van der Waals surface area (Å²) in [5, 5.41) is 8.88. The Balaban J connectivity index is 4.47. The van der Waals surface area contributed by atoms with Crippen molar-refractivity contribution in [1.82, 2.24) is 0 Å². The van der Waals surface area contributed by atoms with Crippen LogP contribution in [0.1, 0.15) is 123 Å². The molecule has 0 saturated carbocycles. The van der Waals surface area contributed by atoms with Gasteiger partial charge in [0.2, 0.25) is 0 Å². The van der Waals surface area contributed by atoms with Crippen molar-refractivity contribution in [1.29, 1.82) is 0 Å². The Bertz CT molecular complexity index is 1450. The van der Waals surface area contributed by atoms with Crippen molar-refractivity contribution in [3.8, 4) is 0 Å². The molecule has 59 heavy (non-hydrogen) atoms. The molecule has 4 N–H and O–H groups in total. The van der Waals surface area contributed by atoms with Gasteiger partial charge in [-0.3, -0.25) is 23.4 Å². The molecule has 12 heteroatoms. The number of carboxylic acids is 1. The van der Waals surface area contributed by atoms with Gasteiger partial charge in [-0.1, -0.05) is 161 Å². The molecular weight excluding hydrogens is 769 g/mol. The Labute approximate surface area is 354 Å². The van der Waals surface area contributed by atoms with Gasteiger partial charge in [0.1, 0.15) is 12.6 Å². The number of carboxylic acid groups (broad SMARTS) is 1. The number of rotatable bonds is 37. The highest BCUT2D eigenvalue weighted by atomic mass is 31.2. The third-order valence-corrected chi connectivity index (χ3v) is 9.03. The first kappa shape index (κ1) is 54.9. The Hall–Kier alpha value is -4.12. The molecule has 0 heterocycles. The van der Waals surface area contributed by atoms with Crippen molar-refractivity contribution in [3.05, 3.63) is 122 Å². The zero-order chi connectivity index (χ0) is 43.5. The van der Waals surface area contributed by atoms with Gasteiger partial charge in [-0.2, -0.15) is 0 Å². The highest BCUT2D eigenvalue weighted by Gasteiger charge is 2.28. The van der Waals surface area contributed by atoms with Crippen molar-refractivity contribution in [2.45, 2.75) is 135 Å². The average Bonchev–Trinajstić information content (AvgIpc) is 3.21. The van der Waals surface area contributed by atoms with Crippen molar-refractivity contribution in [3.63, 3.8) is 0 Å². The molecule has 0 bridgehead atoms. The summed E-state index contributed by atoms with van der Waals surface area (Å²) in [6.45, 7) is 2.42. The van der Waals surface area contributed by atoms with Gasteiger partial charge in [-0.25, -0.2) is 4.57 Å². The summed E-state index contributed by atoms with van der Waals surface area (Å²) in [5.74, 6) is -2.52. The molecule has 0 spiro atoms. The van der Waals surface area contributed by atoms with Crippen LogP contribution in [0.15, 0.2) is 122 Å². The minimum Gasteiger partial charge on any atom is -0.480 e. The predicted octanol–water partition coefficient (Wildman–Crippen LogP) is 11.2. The number of aliphatic carboxylic acids is 1. The number of ether oxygens (including phenoxy) is 2. The van der Waals surface area contributed by atoms with Crippen LogP contribution < -0.4 is 5.73 Å². The molecular formula is C47H72NO10P. The lowest BCUT2D eigenvalue weighted by Crippen LogP contribution is -2.34. The lowest BCUT2D eigenvalue weighted by molar-refractivity contribution is -0.161. The fraction of sp³-hybridized carbons (Fsp3) is 0.511. The second-order valence-electron chi connectivity index (χ2n) is 13.5. The summed E-state index contributed by atoms with van der Waals surface area (Å²) >= 11 is 0. The van der Waals surface area contributed by atoms with Crippen LogP contribution >= 0.6 is 7.82 Å². The number of hydrogen-bond acceptors (Lipinski definition) is 9. The van der Waals surface area contributed by atoms with Gasteiger partial charge in [0.25, 0.3) is 0 Å². The maximum absolute atomic E-state index is 12.6. The second kappa shape index (κ2) is 40.7. The number of phosphoric acid groups is 1. The molecule has 0 rings (SSSR count). The molecule has 0 amide bonds. The Morgan fingerprint density at radius 3 is 1.58 bits per heavy atom. The molecule has 0 radical (unpaired) electrons. The first-order chi connectivity index (χ1) is 28.6. The van der Waals surface area contributed by atoms with E-state index < -0.39 is 57.7 Å². The zero-order valence-corrected chi connectivity index (χ0v) is 36.4. The maximum atomic E-state index is 12.6. The van der Waals surface area contributed by atoms with Gasteiger partial charge in [-0.15, -0.1) is 0 Å². The summed E-state index contributed by atoms with van der Waals surface area (Å²) < 4.78 is 32.5. The van der Waals surface area contributed by atoms with Crippen LogP contribution in [0, 0.1) is 0 Å². The molecule has 3 atom stereocenters. The van der Waals surface area contributed by atoms with E-state index in [1.165, 1.54) is 0 Å². The third kappa shape index (κ3) is 40.4. The van der Waals surface area contributed by atoms with Gasteiger partial charge in [-0.05, 0) is 70.6 Å². The fourth-order valence-electron chi connectivity index (χ4n) is 4.83. The van der Waals surface area contributed by atoms with E-state index >= 15 is 0 Å². The minimum absolute atomic E-state index is 0.0531. The summed E-state index contributed by atoms with van der Waals surface area (Å²) in [7, 11) is -4.75. The molecule has 0 aromatic rings. The van der Waals surface area contributed by atoms with Crippen LogP contribution in [0.25, 0.3) is 0 Å². The minimum atomic E-state index is -4.75. The molecule has 0 aliphatic rings. The Morgan fingerprint density at radius 1 is 0.542 bits per heavy atom. The molecule has 2 unspecified atom stereocenters. The second-order valence-corrected chi connectivity index (χ2v) is 14.9. The Morgan fingerprint density at radius 2 is 1.00 bits per heavy atom. The lowest BCUT2D eigenvalue weighted by atomic mass is 10.1. The summed E-state index contributed by atoms with van der Waals surface area (Å²) in [5.41, 5.74) is 5.32. The topological polar surface area (TPSA) is 172 Å². The molecule has 0 aliphatic heterocycles. The van der Waals surface area contributed by atoms with E-state index in [1.54, 1.807) is 0 Å². The number of nitrogens with two attached hydrogens (primary N) is 1. The standard InChI is InChI=1S/C47H72NO10P/c1-3-5-7-9-11-13-15-17-18-19-20-21-22-23-24-25-27-28-30-32-34-36-38-45(49)55-40-43(41-56-59(53,54)57-42-44(48)47(51)52)58-46(50)39-37-35-33-31-29-26-16-14-12-10-8-6-4-2/h5-8,10-14,16-18,20-21,23-24,26,29,31,33,43-44H,3-4,9,15,19,22,25,27-28,30,32,34-42,48H2,1-2H3,(H,51,52)(H,53,54)/b7-5+,8-6+,12-10+,13-11+,16-14+,18-17+,21-20+,24-23+,29-26+,33-31+/t43?,44-/m1/s1. The number of phosphoric ester groups is 1. The molecule has 0 aromatic carbocycles. The van der Waals surface area contributed by atoms with E-state index in [0.29, 0.717) is 19.3 Å². The van der Waals surface area contributed by atoms with Crippen LogP contribution in [0.3, 0.4) is 0 Å². The van der Waals surface area contributed by atoms with Crippen LogP contribution in [0.2, 0.25) is 0 Å². The maximum Gasteiger partial charge on any atom is 0.472 e. The van der Waals surface area contributed by atoms with E-state index in [2.05, 4.69) is 85.2 Å². The number of allylic oxidation sites excluding steroid dienone is 20. The normalized spacial score (nSPS) is 14.9. The van der Waals surface area contributed by atoms with E-state index in [4.69, 9.17) is 24.8 Å². The summed E-state index contributed by atoms with van der Waals surface area (Å²) in [6.07, 6.45) is 54.2. The van der Waals surface area contributed by atoms with Gasteiger partial charge in [0, 0.05) is 12.8 Å². The molecule has 0 aromatic heterocycles. The van der Waals surface area contributed by atoms with E-state index in [-0.39, 0.29) is 12.8 Å². The van der Waals surface area contributed by atoms with Gasteiger partial charge >= 0.3 is 25.7 Å². The SMILES string of the molecule is CC/C=C/C=C/C=C/C=C/C=C/CCCC(=O)OC(COC(=O)CCCCCCCC/C=C/C/C=C/C/C=C/C/C=C/C/C=C/CC)COP(=O)(O)OC[C@@H](N)C(=O)O. The fourth-order valence-corrected chi connectivity index (χ4v) is 5.60. The van der Waals surface area contributed by atoms with Crippen LogP contribution in [0.5, 0.6) is 0 Å². The molecule has 0 saturated heterocycles. The molecule has 0 fully saturated rings. The first-order valence-electron chi connectivity index (χ1n) is 21.1. The number of carbonyl (C=O) groups is 3. The van der Waals surface area contributed by atoms with E-state index in [9.17, 15) is 23.8 Å². The van der Waals surface area contributed by atoms with Crippen LogP contribution in [-0.2, 0) is 37.5 Å². The van der Waals surface area contributed by atoms with E-state index in [1.807, 2.05) is 54.7 Å². The monoisotopic (exact) mass is 841 g/mol. The molecule has 11 nitrogen and oxygen atoms in total. The van der Waals surface area contributed by atoms with Crippen molar-refractivity contribution in [2.75, 3.05) is 19.8 Å². The highest BCUT2D eigenvalue weighted by Crippen LogP contribution is 2.43. The number of carbonyl (C=O) groups excluding carboxylic acids is 2. The van der Waals surface area contributed by atoms with Crippen LogP contribution in [-0.4, -0.2) is 59.9 Å². The lowest BCUT2D eigenvalue weighted by Gasteiger charge is -2.20. The van der Waals surface area contributed by atoms with E-state index in [0.717, 1.165) is 77.0 Å². The molecule has 330 valence electrons. The van der Waals surface area contributed by atoms with Crippen molar-refractivity contribution < 1.29 is 47.5 Å². The van der Waals surface area contributed by atoms with Gasteiger partial charge in [0.05, 0.1) is 13.2 Å². The third-order valence-electron chi connectivity index (χ3n) is 8.08. The van der Waals surface area contributed by atoms with Gasteiger partial charge in [0.15, 0.2) is 6.10 Å². The highest BCUT2D eigenvalue weighted by molar-refractivity contribution is 7.47. The summed E-state index contributed by atoms with van der Waals surface area (Å²) in [6, 6.07) is -1.54. The van der Waals surface area contributed by atoms with Crippen molar-refractivity contribution in [2.24, 2.45) is 5.73 Å². The van der Waals surface area contributed by atoms with Crippen LogP contribution in [0.4, 0.5) is 0 Å². The summed E-state index contributed by atoms with van der Waals surface area (Å²) in [4.78, 5) is 45.9. The predicted molar refractivity (Wildman–Crippen MR) is 239 cm³/mol. The smallest absolute Gasteiger partial charge is 0.472 e. The van der Waals surface area contributed by atoms with Crippen molar-refractivity contribution >= 4 is 25.7 Å². The first-order valence-corrected chi connectivity index (χ1v) is 22.6. The average molecular weight is 842 g/mol. The number of esters is 2. The largest absolute Gasteiger partial charge is 0.480 e. The molecule has 0 aliphatic carbocycles. The van der Waals surface area contributed by atoms with Gasteiger partial charge < -0.3 is 25.2 Å². The quantitative estimate of drug-likeness (QED) is 0.0179. The number of hydrogen-bond donors (Lipinski definition) is 3. The number of unbranched alkanes of at least 4 members (excludes halogenated alkanes) is 7.